The summed E-state index contributed by atoms with van der Waals surface area (Å²) in [5, 5.41) is 5.59. The van der Waals surface area contributed by atoms with E-state index < -0.39 is 12.1 Å². The molecule has 0 aromatic carbocycles. The van der Waals surface area contributed by atoms with E-state index in [1.54, 1.807) is 7.05 Å². The van der Waals surface area contributed by atoms with Crippen molar-refractivity contribution >= 4 is 5.97 Å². The van der Waals surface area contributed by atoms with Crippen molar-refractivity contribution in [3.63, 3.8) is 0 Å². The summed E-state index contributed by atoms with van der Waals surface area (Å²) in [7, 11) is 1.59. The van der Waals surface area contributed by atoms with Crippen LogP contribution in [0.1, 0.15) is 13.3 Å². The van der Waals surface area contributed by atoms with E-state index in [0.29, 0.717) is 25.2 Å². The lowest BCUT2D eigenvalue weighted by Gasteiger charge is -2.29. The number of nitrogens with one attached hydrogen (secondary N) is 1. The summed E-state index contributed by atoms with van der Waals surface area (Å²) >= 11 is 0. The molecule has 18 heavy (non-hydrogen) atoms. The molecule has 8 heteroatoms. The summed E-state index contributed by atoms with van der Waals surface area (Å²) < 4.78 is 36.6. The van der Waals surface area contributed by atoms with Gasteiger partial charge in [-0.2, -0.15) is 18.2 Å². The van der Waals surface area contributed by atoms with Crippen LogP contribution in [0.15, 0.2) is 11.3 Å². The third kappa shape index (κ3) is 2.17. The van der Waals surface area contributed by atoms with Gasteiger partial charge in [0.25, 0.3) is 0 Å². The van der Waals surface area contributed by atoms with Crippen LogP contribution in [0.25, 0.3) is 0 Å². The highest BCUT2D eigenvalue weighted by atomic mass is 19.4. The summed E-state index contributed by atoms with van der Waals surface area (Å²) in [6, 6.07) is -0.0890. The monoisotopic (exact) mass is 265 g/mol. The van der Waals surface area contributed by atoms with E-state index in [0.717, 1.165) is 10.7 Å². The van der Waals surface area contributed by atoms with Crippen LogP contribution in [0.3, 0.4) is 0 Å². The largest absolute Gasteiger partial charge is 0.493 e. The Kier molecular flexibility index (Phi) is 3.24. The number of hydrazine groups is 1. The number of alkyl halides is 3. The third-order valence-corrected chi connectivity index (χ3v) is 3.21. The average molecular weight is 265 g/mol. The number of carbonyl (C=O) groups is 1. The van der Waals surface area contributed by atoms with Gasteiger partial charge in [-0.1, -0.05) is 0 Å². The van der Waals surface area contributed by atoms with Gasteiger partial charge in [0, 0.05) is 26.6 Å². The zero-order valence-electron chi connectivity index (χ0n) is 10.0. The standard InChI is InChI=1S/C10H14F3N3O2/c1-6-7-5-14-4-3-8(7)16(15(6)2)18-9(17)10(11,12)13/h6,14H,3-5H2,1-2H3. The zero-order valence-corrected chi connectivity index (χ0v) is 10.0. The highest BCUT2D eigenvalue weighted by molar-refractivity contribution is 5.75. The fraction of sp³-hybridized carbons (Fsp3) is 0.700. The molecule has 0 amide bonds. The minimum atomic E-state index is -4.99. The number of rotatable bonds is 1. The smallest absolute Gasteiger partial charge is 0.316 e. The first-order valence-corrected chi connectivity index (χ1v) is 5.57. The van der Waals surface area contributed by atoms with Crippen LogP contribution in [0.2, 0.25) is 0 Å². The summed E-state index contributed by atoms with van der Waals surface area (Å²) in [6.07, 6.45) is -4.45. The van der Waals surface area contributed by atoms with Crippen LogP contribution < -0.4 is 5.32 Å². The van der Waals surface area contributed by atoms with Crippen molar-refractivity contribution in [2.75, 3.05) is 20.1 Å². The van der Waals surface area contributed by atoms with Gasteiger partial charge < -0.3 is 10.2 Å². The molecule has 1 unspecified atom stereocenters. The molecule has 2 rings (SSSR count). The van der Waals surface area contributed by atoms with Gasteiger partial charge in [0.1, 0.15) is 0 Å². The highest BCUT2D eigenvalue weighted by Gasteiger charge is 2.46. The Morgan fingerprint density at radius 3 is 2.78 bits per heavy atom. The summed E-state index contributed by atoms with van der Waals surface area (Å²) in [5.74, 6) is -2.20. The Morgan fingerprint density at radius 1 is 1.50 bits per heavy atom. The molecule has 1 N–H and O–H groups in total. The highest BCUT2D eigenvalue weighted by Crippen LogP contribution is 2.32. The van der Waals surface area contributed by atoms with Gasteiger partial charge in [-0.25, -0.2) is 4.79 Å². The minimum Gasteiger partial charge on any atom is -0.316 e. The van der Waals surface area contributed by atoms with Gasteiger partial charge in [0.05, 0.1) is 11.7 Å². The molecule has 0 bridgehead atoms. The van der Waals surface area contributed by atoms with E-state index >= 15 is 0 Å². The van der Waals surface area contributed by atoms with Crippen molar-refractivity contribution in [3.8, 4) is 0 Å². The Balaban J connectivity index is 2.17. The lowest BCUT2D eigenvalue weighted by Crippen LogP contribution is -2.42. The van der Waals surface area contributed by atoms with Gasteiger partial charge in [-0.3, -0.25) is 0 Å². The van der Waals surface area contributed by atoms with Gasteiger partial charge in [-0.05, 0) is 12.5 Å². The summed E-state index contributed by atoms with van der Waals surface area (Å²) in [5.41, 5.74) is 1.60. The summed E-state index contributed by atoms with van der Waals surface area (Å²) in [4.78, 5) is 15.3. The molecule has 0 aliphatic carbocycles. The average Bonchev–Trinajstić information content (AvgIpc) is 2.54. The Hall–Kier alpha value is -1.28. The van der Waals surface area contributed by atoms with E-state index in [-0.39, 0.29) is 6.04 Å². The topological polar surface area (TPSA) is 44.8 Å². The molecule has 0 fully saturated rings. The van der Waals surface area contributed by atoms with Crippen LogP contribution in [0.4, 0.5) is 13.2 Å². The molecule has 2 aliphatic heterocycles. The van der Waals surface area contributed by atoms with Crippen LogP contribution >= 0.6 is 0 Å². The predicted molar refractivity (Wildman–Crippen MR) is 55.7 cm³/mol. The van der Waals surface area contributed by atoms with E-state index in [2.05, 4.69) is 10.2 Å². The number of hydrogen-bond donors (Lipinski definition) is 1. The quantitative estimate of drug-likeness (QED) is 0.760. The number of nitrogens with zero attached hydrogens (tertiary/aromatic N) is 2. The van der Waals surface area contributed by atoms with E-state index in [1.165, 1.54) is 5.01 Å². The molecule has 0 aromatic heterocycles. The molecule has 2 heterocycles. The molecule has 5 nitrogen and oxygen atoms in total. The maximum Gasteiger partial charge on any atom is 0.493 e. The van der Waals surface area contributed by atoms with E-state index in [9.17, 15) is 18.0 Å². The van der Waals surface area contributed by atoms with Crippen LogP contribution in [-0.4, -0.2) is 48.5 Å². The third-order valence-electron chi connectivity index (χ3n) is 3.21. The molecule has 0 saturated heterocycles. The van der Waals surface area contributed by atoms with Crippen LogP contribution in [-0.2, 0) is 9.63 Å². The first-order valence-electron chi connectivity index (χ1n) is 5.57. The molecule has 0 aromatic rings. The van der Waals surface area contributed by atoms with Crippen molar-refractivity contribution < 1.29 is 22.8 Å². The Morgan fingerprint density at radius 2 is 2.17 bits per heavy atom. The molecule has 2 aliphatic rings. The normalized spacial score (nSPS) is 25.4. The Bertz CT molecular complexity index is 394. The molecular weight excluding hydrogens is 251 g/mol. The SMILES string of the molecule is CC1C2=C(CCNC2)N(OC(=O)C(F)(F)F)N1C. The predicted octanol–water partition coefficient (Wildman–Crippen LogP) is 0.805. The molecule has 1 atom stereocenters. The summed E-state index contributed by atoms with van der Waals surface area (Å²) in [6.45, 7) is 3.10. The van der Waals surface area contributed by atoms with Crippen molar-refractivity contribution in [1.29, 1.82) is 0 Å². The number of carbonyl (C=O) groups excluding carboxylic acids is 1. The zero-order chi connectivity index (χ0) is 13.5. The van der Waals surface area contributed by atoms with Crippen molar-refractivity contribution in [1.82, 2.24) is 15.5 Å². The molecule has 0 radical (unpaired) electrons. The van der Waals surface area contributed by atoms with E-state index in [4.69, 9.17) is 0 Å². The maximum absolute atomic E-state index is 12.2. The lowest BCUT2D eigenvalue weighted by molar-refractivity contribution is -0.271. The minimum absolute atomic E-state index is 0.0890. The first kappa shape index (κ1) is 13.2. The van der Waals surface area contributed by atoms with Crippen LogP contribution in [0, 0.1) is 0 Å². The van der Waals surface area contributed by atoms with Gasteiger partial charge >= 0.3 is 12.1 Å². The molecule has 0 saturated carbocycles. The number of likely N-dealkylation sites (N-methyl/N-ethyl adjacent to an activating group) is 1. The first-order chi connectivity index (χ1) is 8.32. The van der Waals surface area contributed by atoms with Crippen LogP contribution in [0.5, 0.6) is 0 Å². The maximum atomic E-state index is 12.2. The second kappa shape index (κ2) is 4.43. The van der Waals surface area contributed by atoms with Crippen molar-refractivity contribution in [3.05, 3.63) is 11.3 Å². The second-order valence-electron chi connectivity index (χ2n) is 4.30. The Labute approximate surface area is 102 Å². The van der Waals surface area contributed by atoms with Gasteiger partial charge in [0.2, 0.25) is 0 Å². The molecule has 102 valence electrons. The molecular formula is C10H14F3N3O2. The number of hydrogen-bond acceptors (Lipinski definition) is 5. The number of hydroxylamine groups is 1. The lowest BCUT2D eigenvalue weighted by atomic mass is 10.0. The van der Waals surface area contributed by atoms with Gasteiger partial charge in [0.15, 0.2) is 0 Å². The van der Waals surface area contributed by atoms with Crippen molar-refractivity contribution in [2.24, 2.45) is 0 Å². The van der Waals surface area contributed by atoms with Gasteiger partial charge in [-0.15, -0.1) is 5.17 Å². The van der Waals surface area contributed by atoms with Crippen molar-refractivity contribution in [2.45, 2.75) is 25.6 Å². The second-order valence-corrected chi connectivity index (χ2v) is 4.30. The number of halogens is 3. The fourth-order valence-electron chi connectivity index (χ4n) is 2.12. The van der Waals surface area contributed by atoms with E-state index in [1.807, 2.05) is 6.92 Å². The fourth-order valence-corrected chi connectivity index (χ4v) is 2.12. The molecule has 0 spiro atoms.